The van der Waals surface area contributed by atoms with Crippen molar-refractivity contribution in [2.24, 2.45) is 4.99 Å². The number of fused-ring (bicyclic) bond motifs is 1. The zero-order chi connectivity index (χ0) is 20.2. The number of amidine groups is 1. The van der Waals surface area contributed by atoms with Crippen LogP contribution < -0.4 is 16.0 Å². The summed E-state index contributed by atoms with van der Waals surface area (Å²) in [6.45, 7) is 0.720. The van der Waals surface area contributed by atoms with Crippen molar-refractivity contribution in [1.82, 2.24) is 15.5 Å². The highest BCUT2D eigenvalue weighted by Crippen LogP contribution is 2.24. The number of nitrogens with one attached hydrogen (secondary N) is 3. The number of benzene rings is 2. The second-order valence-electron chi connectivity index (χ2n) is 8.17. The van der Waals surface area contributed by atoms with Gasteiger partial charge in [-0.25, -0.2) is 9.38 Å². The monoisotopic (exact) mass is 395 g/mol. The number of rotatable bonds is 5. The minimum Gasteiger partial charge on any atom is -0.362 e. The number of hydrogen-bond donors (Lipinski definition) is 3. The van der Waals surface area contributed by atoms with Crippen LogP contribution in [0.5, 0.6) is 0 Å². The maximum atomic E-state index is 13.3. The first-order chi connectivity index (χ1) is 14.1. The molecule has 6 heteroatoms. The first-order valence-electron chi connectivity index (χ1n) is 10.4. The van der Waals surface area contributed by atoms with E-state index >= 15 is 0 Å². The lowest BCUT2D eigenvalue weighted by Gasteiger charge is -2.34. The molecule has 1 heterocycles. The quantitative estimate of drug-likeness (QED) is 0.725. The highest BCUT2D eigenvalue weighted by atomic mass is 19.1. The Labute approximate surface area is 172 Å². The van der Waals surface area contributed by atoms with Gasteiger partial charge in [0.15, 0.2) is 6.29 Å². The fraction of sp³-hybridized carbons (Fsp3) is 0.435. The molecule has 0 saturated heterocycles. The van der Waals surface area contributed by atoms with E-state index in [2.05, 4.69) is 39.0 Å². The number of hydrogen-bond acceptors (Lipinski definition) is 5. The molecule has 2 aliphatic rings. The molecule has 0 radical (unpaired) electrons. The molecule has 1 atom stereocenters. The van der Waals surface area contributed by atoms with Gasteiger partial charge in [0.2, 0.25) is 0 Å². The van der Waals surface area contributed by atoms with Crippen LogP contribution in [0.15, 0.2) is 53.5 Å². The van der Waals surface area contributed by atoms with Crippen LogP contribution >= 0.6 is 0 Å². The van der Waals surface area contributed by atoms with E-state index in [4.69, 9.17) is 4.99 Å². The maximum absolute atomic E-state index is 13.3. The topological polar surface area (TPSA) is 51.7 Å². The first kappa shape index (κ1) is 19.9. The van der Waals surface area contributed by atoms with E-state index in [1.807, 2.05) is 26.2 Å². The van der Waals surface area contributed by atoms with Crippen molar-refractivity contribution in [2.75, 3.05) is 19.4 Å². The van der Waals surface area contributed by atoms with Gasteiger partial charge in [-0.05, 0) is 55.5 Å². The summed E-state index contributed by atoms with van der Waals surface area (Å²) < 4.78 is 13.3. The average molecular weight is 396 g/mol. The zero-order valence-electron chi connectivity index (χ0n) is 17.2. The largest absolute Gasteiger partial charge is 0.362 e. The molecular weight excluding hydrogens is 365 g/mol. The van der Waals surface area contributed by atoms with E-state index < -0.39 is 0 Å². The van der Waals surface area contributed by atoms with E-state index in [0.29, 0.717) is 12.1 Å². The fourth-order valence-corrected chi connectivity index (χ4v) is 4.21. The van der Waals surface area contributed by atoms with Gasteiger partial charge in [-0.1, -0.05) is 24.3 Å². The molecule has 154 valence electrons. The van der Waals surface area contributed by atoms with E-state index in [1.165, 1.54) is 6.07 Å². The third-order valence-corrected chi connectivity index (χ3v) is 5.74. The Balaban J connectivity index is 1.29. The van der Waals surface area contributed by atoms with Gasteiger partial charge in [0.05, 0.1) is 0 Å². The van der Waals surface area contributed by atoms with Crippen LogP contribution in [0.3, 0.4) is 0 Å². The summed E-state index contributed by atoms with van der Waals surface area (Å²) in [6.07, 6.45) is 4.33. The highest BCUT2D eigenvalue weighted by molar-refractivity contribution is 6.04. The second kappa shape index (κ2) is 8.93. The fourth-order valence-electron chi connectivity index (χ4n) is 4.21. The van der Waals surface area contributed by atoms with Gasteiger partial charge in [0.1, 0.15) is 11.7 Å². The number of halogens is 1. The van der Waals surface area contributed by atoms with Gasteiger partial charge in [0.25, 0.3) is 0 Å². The Bertz CT molecular complexity index is 858. The summed E-state index contributed by atoms with van der Waals surface area (Å²) in [5.74, 6) is 0.832. The van der Waals surface area contributed by atoms with E-state index in [1.54, 1.807) is 12.1 Å². The Morgan fingerprint density at radius 1 is 1.03 bits per heavy atom. The van der Waals surface area contributed by atoms with Gasteiger partial charge in [-0.15, -0.1) is 0 Å². The minimum atomic E-state index is -0.170. The molecule has 0 aromatic heterocycles. The van der Waals surface area contributed by atoms with Gasteiger partial charge in [-0.3, -0.25) is 5.32 Å². The van der Waals surface area contributed by atoms with Gasteiger partial charge < -0.3 is 15.5 Å². The number of para-hydroxylation sites is 1. The summed E-state index contributed by atoms with van der Waals surface area (Å²) in [5.41, 5.74) is 3.26. The van der Waals surface area contributed by atoms with Crippen LogP contribution in [0.25, 0.3) is 0 Å². The molecule has 2 aromatic carbocycles. The number of nitrogens with zero attached hydrogens (tertiary/aromatic N) is 2. The Morgan fingerprint density at radius 2 is 1.79 bits per heavy atom. The van der Waals surface area contributed by atoms with Crippen molar-refractivity contribution < 1.29 is 4.39 Å². The Kier molecular flexibility index (Phi) is 6.11. The highest BCUT2D eigenvalue weighted by Gasteiger charge is 2.26. The van der Waals surface area contributed by atoms with Crippen LogP contribution in [0.2, 0.25) is 0 Å². The number of aliphatic imine (C=N–C) groups is 1. The van der Waals surface area contributed by atoms with Crippen LogP contribution in [0.1, 0.15) is 36.8 Å². The molecule has 1 saturated carbocycles. The SMILES string of the molecule is CN(C)C1=NC(NC2CCC(NCc3cccc(F)c3)CC2)Nc2ccccc21. The smallest absolute Gasteiger partial charge is 0.176 e. The summed E-state index contributed by atoms with van der Waals surface area (Å²) in [7, 11) is 4.07. The summed E-state index contributed by atoms with van der Waals surface area (Å²) in [6, 6.07) is 16.1. The Morgan fingerprint density at radius 3 is 2.55 bits per heavy atom. The van der Waals surface area contributed by atoms with Crippen molar-refractivity contribution in [3.8, 4) is 0 Å². The number of anilines is 1. The molecular formula is C23H30FN5. The van der Waals surface area contributed by atoms with Crippen molar-refractivity contribution in [3.05, 3.63) is 65.5 Å². The minimum absolute atomic E-state index is 0.107. The van der Waals surface area contributed by atoms with Crippen LogP contribution in [-0.4, -0.2) is 43.2 Å². The van der Waals surface area contributed by atoms with E-state index in [-0.39, 0.29) is 12.1 Å². The van der Waals surface area contributed by atoms with Crippen LogP contribution in [0, 0.1) is 5.82 Å². The molecule has 0 spiro atoms. The maximum Gasteiger partial charge on any atom is 0.176 e. The predicted octanol–water partition coefficient (Wildman–Crippen LogP) is 3.53. The predicted molar refractivity (Wildman–Crippen MR) is 116 cm³/mol. The molecule has 29 heavy (non-hydrogen) atoms. The lowest BCUT2D eigenvalue weighted by molar-refractivity contribution is 0.293. The first-order valence-corrected chi connectivity index (χ1v) is 10.4. The molecule has 0 bridgehead atoms. The van der Waals surface area contributed by atoms with Crippen molar-refractivity contribution in [2.45, 2.75) is 50.6 Å². The molecule has 4 rings (SSSR count). The standard InChI is InChI=1S/C23H30FN5/c1-29(2)22-20-8-3-4-9-21(20)27-23(28-22)26-19-12-10-18(11-13-19)25-15-16-6-5-7-17(24)14-16/h3-9,14,18-19,23,25-27H,10-13,15H2,1-2H3. The third kappa shape index (κ3) is 4.95. The van der Waals surface area contributed by atoms with Crippen LogP contribution in [-0.2, 0) is 6.54 Å². The zero-order valence-corrected chi connectivity index (χ0v) is 17.2. The average Bonchev–Trinajstić information content (AvgIpc) is 2.72. The molecule has 3 N–H and O–H groups in total. The van der Waals surface area contributed by atoms with E-state index in [0.717, 1.165) is 54.9 Å². The van der Waals surface area contributed by atoms with Crippen molar-refractivity contribution in [3.63, 3.8) is 0 Å². The Hall–Kier alpha value is -2.44. The lowest BCUT2D eigenvalue weighted by atomic mass is 9.91. The lowest BCUT2D eigenvalue weighted by Crippen LogP contribution is -2.48. The van der Waals surface area contributed by atoms with Crippen molar-refractivity contribution in [1.29, 1.82) is 0 Å². The van der Waals surface area contributed by atoms with Gasteiger partial charge >= 0.3 is 0 Å². The van der Waals surface area contributed by atoms with Gasteiger partial charge in [0, 0.05) is 44.0 Å². The van der Waals surface area contributed by atoms with Crippen LogP contribution in [0.4, 0.5) is 10.1 Å². The third-order valence-electron chi connectivity index (χ3n) is 5.74. The molecule has 1 fully saturated rings. The van der Waals surface area contributed by atoms with Gasteiger partial charge in [-0.2, -0.15) is 0 Å². The summed E-state index contributed by atoms with van der Waals surface area (Å²) in [4.78, 5) is 6.96. The molecule has 1 unspecified atom stereocenters. The molecule has 1 aliphatic carbocycles. The second-order valence-corrected chi connectivity index (χ2v) is 8.17. The summed E-state index contributed by atoms with van der Waals surface area (Å²) in [5, 5.41) is 10.8. The molecule has 2 aromatic rings. The van der Waals surface area contributed by atoms with Crippen molar-refractivity contribution >= 4 is 11.5 Å². The normalized spacial score (nSPS) is 23.7. The molecule has 0 amide bonds. The molecule has 1 aliphatic heterocycles. The van der Waals surface area contributed by atoms with E-state index in [9.17, 15) is 4.39 Å². The summed E-state index contributed by atoms with van der Waals surface area (Å²) >= 11 is 0. The molecule has 5 nitrogen and oxygen atoms in total.